The number of carbonyl (C=O) groups is 1. The van der Waals surface area contributed by atoms with Gasteiger partial charge in [0.2, 0.25) is 0 Å². The smallest absolute Gasteiger partial charge is 0.261 e. The van der Waals surface area contributed by atoms with Crippen molar-refractivity contribution in [3.63, 3.8) is 0 Å². The van der Waals surface area contributed by atoms with Crippen LogP contribution in [0.4, 0.5) is 0 Å². The van der Waals surface area contributed by atoms with Gasteiger partial charge in [0.15, 0.2) is 6.61 Å². The lowest BCUT2D eigenvalue weighted by Gasteiger charge is -2.25. The lowest BCUT2D eigenvalue weighted by molar-refractivity contribution is -0.134. The highest BCUT2D eigenvalue weighted by Crippen LogP contribution is 2.31. The molecule has 108 valence electrons. The number of likely N-dealkylation sites (tertiary alicyclic amines) is 1. The van der Waals surface area contributed by atoms with Crippen molar-refractivity contribution in [1.29, 1.82) is 0 Å². The van der Waals surface area contributed by atoms with Crippen LogP contribution >= 0.6 is 0 Å². The molecule has 1 aliphatic heterocycles. The molecule has 1 heterocycles. The van der Waals surface area contributed by atoms with Crippen molar-refractivity contribution in [3.05, 3.63) is 66.2 Å². The standard InChI is InChI=1S/C18H19NO2/c20-18(14-21-16-10-5-2-6-11-16)19-13-7-12-17(19)15-8-3-1-4-9-15/h1-6,8-11,17H,7,12-14H2. The highest BCUT2D eigenvalue weighted by Gasteiger charge is 2.29. The van der Waals surface area contributed by atoms with Gasteiger partial charge in [-0.2, -0.15) is 0 Å². The molecule has 2 aromatic carbocycles. The van der Waals surface area contributed by atoms with Crippen LogP contribution in [0.1, 0.15) is 24.4 Å². The van der Waals surface area contributed by atoms with Crippen molar-refractivity contribution in [2.75, 3.05) is 13.2 Å². The molecule has 3 nitrogen and oxygen atoms in total. The van der Waals surface area contributed by atoms with Gasteiger partial charge in [0.05, 0.1) is 6.04 Å². The van der Waals surface area contributed by atoms with Crippen LogP contribution in [0, 0.1) is 0 Å². The predicted octanol–water partition coefficient (Wildman–Crippen LogP) is 3.43. The Balaban J connectivity index is 1.64. The summed E-state index contributed by atoms with van der Waals surface area (Å²) in [4.78, 5) is 14.3. The maximum absolute atomic E-state index is 12.4. The molecule has 3 heteroatoms. The molecule has 2 aromatic rings. The number of nitrogens with zero attached hydrogens (tertiary/aromatic N) is 1. The zero-order valence-electron chi connectivity index (χ0n) is 11.9. The van der Waals surface area contributed by atoms with E-state index in [1.807, 2.05) is 53.4 Å². The first kappa shape index (κ1) is 13.7. The summed E-state index contributed by atoms with van der Waals surface area (Å²) in [5.41, 5.74) is 1.21. The van der Waals surface area contributed by atoms with Crippen molar-refractivity contribution in [2.45, 2.75) is 18.9 Å². The fourth-order valence-electron chi connectivity index (χ4n) is 2.83. The summed E-state index contributed by atoms with van der Waals surface area (Å²) in [6, 6.07) is 19.9. The van der Waals surface area contributed by atoms with Gasteiger partial charge in [-0.15, -0.1) is 0 Å². The minimum atomic E-state index is 0.0604. The summed E-state index contributed by atoms with van der Waals surface area (Å²) in [6.45, 7) is 0.921. The third-order valence-electron chi connectivity index (χ3n) is 3.86. The van der Waals surface area contributed by atoms with Gasteiger partial charge in [-0.05, 0) is 30.5 Å². The molecule has 1 fully saturated rings. The minimum absolute atomic E-state index is 0.0604. The summed E-state index contributed by atoms with van der Waals surface area (Å²) < 4.78 is 5.57. The number of hydrogen-bond donors (Lipinski definition) is 0. The van der Waals surface area contributed by atoms with Crippen LogP contribution in [0.15, 0.2) is 60.7 Å². The van der Waals surface area contributed by atoms with Gasteiger partial charge >= 0.3 is 0 Å². The van der Waals surface area contributed by atoms with E-state index >= 15 is 0 Å². The average Bonchev–Trinajstić information content (AvgIpc) is 3.04. The number of rotatable bonds is 4. The van der Waals surface area contributed by atoms with Crippen molar-refractivity contribution < 1.29 is 9.53 Å². The Kier molecular flexibility index (Phi) is 4.20. The Hall–Kier alpha value is -2.29. The molecule has 1 amide bonds. The molecule has 1 saturated heterocycles. The number of carbonyl (C=O) groups excluding carboxylic acids is 1. The lowest BCUT2D eigenvalue weighted by Crippen LogP contribution is -2.34. The monoisotopic (exact) mass is 281 g/mol. The van der Waals surface area contributed by atoms with Crippen LogP contribution in [-0.2, 0) is 4.79 Å². The van der Waals surface area contributed by atoms with Gasteiger partial charge in [0, 0.05) is 6.54 Å². The van der Waals surface area contributed by atoms with Crippen LogP contribution in [0.2, 0.25) is 0 Å². The maximum atomic E-state index is 12.4. The van der Waals surface area contributed by atoms with Crippen LogP contribution in [0.5, 0.6) is 5.75 Å². The Labute approximate surface area is 125 Å². The van der Waals surface area contributed by atoms with E-state index < -0.39 is 0 Å². The number of hydrogen-bond acceptors (Lipinski definition) is 2. The topological polar surface area (TPSA) is 29.5 Å². The van der Waals surface area contributed by atoms with E-state index in [-0.39, 0.29) is 18.6 Å². The highest BCUT2D eigenvalue weighted by molar-refractivity contribution is 5.78. The molecule has 1 unspecified atom stereocenters. The van der Waals surface area contributed by atoms with E-state index in [0.717, 1.165) is 25.1 Å². The summed E-state index contributed by atoms with van der Waals surface area (Å²) in [5, 5.41) is 0. The first-order valence-electron chi connectivity index (χ1n) is 7.37. The molecule has 3 rings (SSSR count). The van der Waals surface area contributed by atoms with Crippen molar-refractivity contribution >= 4 is 5.91 Å². The first-order valence-corrected chi connectivity index (χ1v) is 7.37. The van der Waals surface area contributed by atoms with E-state index in [2.05, 4.69) is 12.1 Å². The Bertz CT molecular complexity index is 583. The van der Waals surface area contributed by atoms with Gasteiger partial charge in [-0.25, -0.2) is 0 Å². The van der Waals surface area contributed by atoms with E-state index in [4.69, 9.17) is 4.74 Å². The first-order chi connectivity index (χ1) is 10.3. The van der Waals surface area contributed by atoms with Gasteiger partial charge in [0.1, 0.15) is 5.75 Å². The van der Waals surface area contributed by atoms with Crippen LogP contribution in [0.25, 0.3) is 0 Å². The molecule has 0 saturated carbocycles. The molecule has 0 radical (unpaired) electrons. The second-order valence-corrected chi connectivity index (χ2v) is 5.26. The van der Waals surface area contributed by atoms with E-state index in [9.17, 15) is 4.79 Å². The molecule has 0 bridgehead atoms. The van der Waals surface area contributed by atoms with Gasteiger partial charge in [-0.1, -0.05) is 48.5 Å². The molecule has 0 N–H and O–H groups in total. The summed E-state index contributed by atoms with van der Waals surface area (Å²) >= 11 is 0. The van der Waals surface area contributed by atoms with Crippen LogP contribution in [-0.4, -0.2) is 24.0 Å². The second kappa shape index (κ2) is 6.44. The summed E-state index contributed by atoms with van der Waals surface area (Å²) in [6.07, 6.45) is 2.08. The fourth-order valence-corrected chi connectivity index (χ4v) is 2.83. The Morgan fingerprint density at radius 3 is 2.43 bits per heavy atom. The predicted molar refractivity (Wildman–Crippen MR) is 82.1 cm³/mol. The molecule has 0 spiro atoms. The zero-order chi connectivity index (χ0) is 14.5. The number of para-hydroxylation sites is 1. The molecule has 0 aliphatic carbocycles. The van der Waals surface area contributed by atoms with Crippen molar-refractivity contribution in [2.24, 2.45) is 0 Å². The third-order valence-corrected chi connectivity index (χ3v) is 3.86. The average molecular weight is 281 g/mol. The fraction of sp³-hybridized carbons (Fsp3) is 0.278. The second-order valence-electron chi connectivity index (χ2n) is 5.26. The Morgan fingerprint density at radius 1 is 1.05 bits per heavy atom. The van der Waals surface area contributed by atoms with E-state index in [1.165, 1.54) is 5.56 Å². The van der Waals surface area contributed by atoms with Gasteiger partial charge in [-0.3, -0.25) is 4.79 Å². The zero-order valence-corrected chi connectivity index (χ0v) is 11.9. The van der Waals surface area contributed by atoms with E-state index in [0.29, 0.717) is 0 Å². The summed E-state index contributed by atoms with van der Waals surface area (Å²) in [5.74, 6) is 0.798. The minimum Gasteiger partial charge on any atom is -0.484 e. The lowest BCUT2D eigenvalue weighted by atomic mass is 10.0. The van der Waals surface area contributed by atoms with Crippen LogP contribution in [0.3, 0.4) is 0 Å². The van der Waals surface area contributed by atoms with Gasteiger partial charge < -0.3 is 9.64 Å². The molecule has 1 aliphatic rings. The Morgan fingerprint density at radius 2 is 1.71 bits per heavy atom. The number of amides is 1. The van der Waals surface area contributed by atoms with E-state index in [1.54, 1.807) is 0 Å². The van der Waals surface area contributed by atoms with Gasteiger partial charge in [0.25, 0.3) is 5.91 Å². The van der Waals surface area contributed by atoms with Crippen molar-refractivity contribution in [1.82, 2.24) is 4.90 Å². The molecular weight excluding hydrogens is 262 g/mol. The van der Waals surface area contributed by atoms with Crippen LogP contribution < -0.4 is 4.74 Å². The number of benzene rings is 2. The number of ether oxygens (including phenoxy) is 1. The largest absolute Gasteiger partial charge is 0.484 e. The molecule has 21 heavy (non-hydrogen) atoms. The maximum Gasteiger partial charge on any atom is 0.261 e. The molecule has 0 aromatic heterocycles. The SMILES string of the molecule is O=C(COc1ccccc1)N1CCCC1c1ccccc1. The molecular formula is C18H19NO2. The summed E-state index contributed by atoms with van der Waals surface area (Å²) in [7, 11) is 0. The highest BCUT2D eigenvalue weighted by atomic mass is 16.5. The normalized spacial score (nSPS) is 17.7. The quantitative estimate of drug-likeness (QED) is 0.859. The van der Waals surface area contributed by atoms with Crippen molar-refractivity contribution in [3.8, 4) is 5.75 Å². The molecule has 1 atom stereocenters. The third kappa shape index (κ3) is 3.24.